The highest BCUT2D eigenvalue weighted by molar-refractivity contribution is 5.77. The molecule has 1 N–H and O–H groups in total. The standard InChI is InChI=1S/C14H18N2O3/c1-3-18-11(2)9-16-14(17)10-19-13-6-4-12(8-15)5-7-13/h4-7,11H,3,9-10H2,1-2H3,(H,16,17). The van der Waals surface area contributed by atoms with Gasteiger partial charge in [-0.15, -0.1) is 0 Å². The zero-order valence-corrected chi connectivity index (χ0v) is 11.2. The summed E-state index contributed by atoms with van der Waals surface area (Å²) in [6.07, 6.45) is -0.0103. The van der Waals surface area contributed by atoms with Gasteiger partial charge in [-0.3, -0.25) is 4.79 Å². The Morgan fingerprint density at radius 1 is 1.42 bits per heavy atom. The smallest absolute Gasteiger partial charge is 0.258 e. The van der Waals surface area contributed by atoms with E-state index in [1.165, 1.54) is 0 Å². The summed E-state index contributed by atoms with van der Waals surface area (Å²) in [5, 5.41) is 11.4. The van der Waals surface area contributed by atoms with Gasteiger partial charge in [0.15, 0.2) is 6.61 Å². The molecule has 0 bridgehead atoms. The van der Waals surface area contributed by atoms with E-state index in [2.05, 4.69) is 5.32 Å². The minimum atomic E-state index is -0.198. The second-order valence-corrected chi connectivity index (χ2v) is 3.99. The van der Waals surface area contributed by atoms with E-state index >= 15 is 0 Å². The van der Waals surface area contributed by atoms with Crippen molar-refractivity contribution in [2.24, 2.45) is 0 Å². The highest BCUT2D eigenvalue weighted by Gasteiger charge is 2.06. The van der Waals surface area contributed by atoms with E-state index in [0.717, 1.165) is 0 Å². The summed E-state index contributed by atoms with van der Waals surface area (Å²) in [7, 11) is 0. The van der Waals surface area contributed by atoms with Gasteiger partial charge in [-0.2, -0.15) is 5.26 Å². The molecule has 102 valence electrons. The number of hydrogen-bond donors (Lipinski definition) is 1. The number of nitrogens with zero attached hydrogens (tertiary/aromatic N) is 1. The Balaban J connectivity index is 2.28. The fourth-order valence-electron chi connectivity index (χ4n) is 1.43. The third-order valence-electron chi connectivity index (χ3n) is 2.39. The molecule has 0 aliphatic carbocycles. The van der Waals surface area contributed by atoms with Gasteiger partial charge in [-0.1, -0.05) is 0 Å². The first-order chi connectivity index (χ1) is 9.15. The molecule has 1 atom stereocenters. The summed E-state index contributed by atoms with van der Waals surface area (Å²) in [6.45, 7) is 4.84. The summed E-state index contributed by atoms with van der Waals surface area (Å²) in [6, 6.07) is 8.62. The fourth-order valence-corrected chi connectivity index (χ4v) is 1.43. The van der Waals surface area contributed by atoms with Gasteiger partial charge < -0.3 is 14.8 Å². The van der Waals surface area contributed by atoms with Crippen molar-refractivity contribution in [3.63, 3.8) is 0 Å². The molecule has 0 aliphatic rings. The molecule has 1 aromatic carbocycles. The molecule has 1 amide bonds. The van der Waals surface area contributed by atoms with Gasteiger partial charge in [0, 0.05) is 13.2 Å². The predicted molar refractivity (Wildman–Crippen MR) is 70.7 cm³/mol. The van der Waals surface area contributed by atoms with Crippen molar-refractivity contribution in [1.29, 1.82) is 5.26 Å². The van der Waals surface area contributed by atoms with Gasteiger partial charge in [0.2, 0.25) is 0 Å². The average Bonchev–Trinajstić information content (AvgIpc) is 2.44. The Hall–Kier alpha value is -2.06. The zero-order chi connectivity index (χ0) is 14.1. The largest absolute Gasteiger partial charge is 0.484 e. The van der Waals surface area contributed by atoms with Crippen molar-refractivity contribution in [2.45, 2.75) is 20.0 Å². The van der Waals surface area contributed by atoms with Crippen molar-refractivity contribution < 1.29 is 14.3 Å². The number of nitrogens with one attached hydrogen (secondary N) is 1. The van der Waals surface area contributed by atoms with E-state index in [-0.39, 0.29) is 18.6 Å². The topological polar surface area (TPSA) is 71.3 Å². The van der Waals surface area contributed by atoms with Gasteiger partial charge >= 0.3 is 0 Å². The first-order valence-electron chi connectivity index (χ1n) is 6.17. The van der Waals surface area contributed by atoms with E-state index < -0.39 is 0 Å². The van der Waals surface area contributed by atoms with Crippen LogP contribution < -0.4 is 10.1 Å². The van der Waals surface area contributed by atoms with Crippen LogP contribution in [0.1, 0.15) is 19.4 Å². The van der Waals surface area contributed by atoms with E-state index in [9.17, 15) is 4.79 Å². The molecule has 1 unspecified atom stereocenters. The molecular weight excluding hydrogens is 244 g/mol. The third kappa shape index (κ3) is 5.89. The number of hydrogen-bond acceptors (Lipinski definition) is 4. The van der Waals surface area contributed by atoms with Crippen molar-refractivity contribution in [1.82, 2.24) is 5.32 Å². The molecular formula is C14H18N2O3. The molecule has 0 spiro atoms. The first-order valence-corrected chi connectivity index (χ1v) is 6.17. The van der Waals surface area contributed by atoms with Crippen LogP contribution in [0.2, 0.25) is 0 Å². The van der Waals surface area contributed by atoms with Crippen LogP contribution in [-0.2, 0) is 9.53 Å². The number of nitriles is 1. The minimum Gasteiger partial charge on any atom is -0.484 e. The summed E-state index contributed by atoms with van der Waals surface area (Å²) in [5.41, 5.74) is 0.558. The van der Waals surface area contributed by atoms with Gasteiger partial charge in [-0.05, 0) is 38.1 Å². The number of rotatable bonds is 7. The van der Waals surface area contributed by atoms with Crippen LogP contribution in [0.3, 0.4) is 0 Å². The van der Waals surface area contributed by atoms with Crippen LogP contribution in [0.4, 0.5) is 0 Å². The van der Waals surface area contributed by atoms with Gasteiger partial charge in [-0.25, -0.2) is 0 Å². The predicted octanol–water partition coefficient (Wildman–Crippen LogP) is 1.48. The molecule has 0 heterocycles. The lowest BCUT2D eigenvalue weighted by atomic mass is 10.2. The molecule has 0 saturated carbocycles. The molecule has 0 aromatic heterocycles. The number of ether oxygens (including phenoxy) is 2. The van der Waals surface area contributed by atoms with E-state index in [0.29, 0.717) is 24.5 Å². The highest BCUT2D eigenvalue weighted by Crippen LogP contribution is 2.11. The summed E-state index contributed by atoms with van der Waals surface area (Å²) in [5.74, 6) is 0.364. The zero-order valence-electron chi connectivity index (χ0n) is 11.2. The lowest BCUT2D eigenvalue weighted by molar-refractivity contribution is -0.123. The monoisotopic (exact) mass is 262 g/mol. The molecule has 0 saturated heterocycles. The Morgan fingerprint density at radius 2 is 2.11 bits per heavy atom. The van der Waals surface area contributed by atoms with Crippen LogP contribution in [0.25, 0.3) is 0 Å². The highest BCUT2D eigenvalue weighted by atomic mass is 16.5. The number of carbonyl (C=O) groups excluding carboxylic acids is 1. The summed E-state index contributed by atoms with van der Waals surface area (Å²) < 4.78 is 10.6. The molecule has 1 rings (SSSR count). The Kier molecular flexibility index (Phi) is 6.41. The van der Waals surface area contributed by atoms with Crippen LogP contribution in [0.5, 0.6) is 5.75 Å². The van der Waals surface area contributed by atoms with E-state index in [4.69, 9.17) is 14.7 Å². The molecule has 0 fully saturated rings. The van der Waals surface area contributed by atoms with Crippen LogP contribution in [-0.4, -0.2) is 31.8 Å². The lowest BCUT2D eigenvalue weighted by Crippen LogP contribution is -2.35. The lowest BCUT2D eigenvalue weighted by Gasteiger charge is -2.12. The van der Waals surface area contributed by atoms with Crippen molar-refractivity contribution in [3.05, 3.63) is 29.8 Å². The summed E-state index contributed by atoms with van der Waals surface area (Å²) >= 11 is 0. The Labute approximate surface area is 113 Å². The molecule has 5 heteroatoms. The Morgan fingerprint density at radius 3 is 2.68 bits per heavy atom. The molecule has 0 aliphatic heterocycles. The van der Waals surface area contributed by atoms with Crippen molar-refractivity contribution in [2.75, 3.05) is 19.8 Å². The molecule has 1 aromatic rings. The quantitative estimate of drug-likeness (QED) is 0.808. The average molecular weight is 262 g/mol. The Bertz CT molecular complexity index is 437. The van der Waals surface area contributed by atoms with E-state index in [1.54, 1.807) is 24.3 Å². The molecule has 19 heavy (non-hydrogen) atoms. The van der Waals surface area contributed by atoms with Crippen LogP contribution in [0.15, 0.2) is 24.3 Å². The maximum Gasteiger partial charge on any atom is 0.258 e. The van der Waals surface area contributed by atoms with Crippen LogP contribution in [0, 0.1) is 11.3 Å². The maximum atomic E-state index is 11.5. The van der Waals surface area contributed by atoms with Gasteiger partial charge in [0.1, 0.15) is 5.75 Å². The van der Waals surface area contributed by atoms with E-state index in [1.807, 2.05) is 19.9 Å². The molecule has 5 nitrogen and oxygen atoms in total. The maximum absolute atomic E-state index is 11.5. The SMILES string of the molecule is CCOC(C)CNC(=O)COc1ccc(C#N)cc1. The first kappa shape index (κ1) is 15.0. The summed E-state index contributed by atoms with van der Waals surface area (Å²) in [4.78, 5) is 11.5. The number of benzene rings is 1. The van der Waals surface area contributed by atoms with Crippen LogP contribution >= 0.6 is 0 Å². The second-order valence-electron chi connectivity index (χ2n) is 3.99. The third-order valence-corrected chi connectivity index (χ3v) is 2.39. The van der Waals surface area contributed by atoms with Gasteiger partial charge in [0.05, 0.1) is 17.7 Å². The fraction of sp³-hybridized carbons (Fsp3) is 0.429. The van der Waals surface area contributed by atoms with Gasteiger partial charge in [0.25, 0.3) is 5.91 Å². The van der Waals surface area contributed by atoms with Crippen molar-refractivity contribution in [3.8, 4) is 11.8 Å². The minimum absolute atomic E-state index is 0.0103. The molecule has 0 radical (unpaired) electrons. The number of amides is 1. The normalized spacial score (nSPS) is 11.4. The number of carbonyl (C=O) groups is 1. The van der Waals surface area contributed by atoms with Crippen molar-refractivity contribution >= 4 is 5.91 Å². The second kappa shape index (κ2) is 8.11.